The number of benzene rings is 1. The molecule has 0 bridgehead atoms. The highest BCUT2D eigenvalue weighted by molar-refractivity contribution is 6.34. The Morgan fingerprint density at radius 2 is 1.88 bits per heavy atom. The second-order valence-electron chi connectivity index (χ2n) is 2.92. The molecule has 86 valence electrons. The van der Waals surface area contributed by atoms with Crippen LogP contribution in [0.1, 0.15) is 16.8 Å². The number of hydrogen-bond acceptors (Lipinski definition) is 3. The SMILES string of the molecule is COC(=O)CC(=O)c1cc(F)c(F)cc1Cl. The lowest BCUT2D eigenvalue weighted by molar-refractivity contribution is -0.139. The van der Waals surface area contributed by atoms with Gasteiger partial charge >= 0.3 is 5.97 Å². The zero-order chi connectivity index (χ0) is 12.3. The highest BCUT2D eigenvalue weighted by Gasteiger charge is 2.17. The van der Waals surface area contributed by atoms with E-state index in [9.17, 15) is 18.4 Å². The Morgan fingerprint density at radius 3 is 2.44 bits per heavy atom. The van der Waals surface area contributed by atoms with Crippen molar-refractivity contribution in [2.45, 2.75) is 6.42 Å². The average molecular weight is 249 g/mol. The Kier molecular flexibility index (Phi) is 3.95. The lowest BCUT2D eigenvalue weighted by Crippen LogP contribution is -2.10. The summed E-state index contributed by atoms with van der Waals surface area (Å²) in [6, 6.07) is 1.34. The van der Waals surface area contributed by atoms with E-state index in [0.29, 0.717) is 12.1 Å². The molecular weight excluding hydrogens is 242 g/mol. The third kappa shape index (κ3) is 2.76. The Bertz CT molecular complexity index is 446. The maximum atomic E-state index is 12.8. The number of hydrogen-bond donors (Lipinski definition) is 0. The summed E-state index contributed by atoms with van der Waals surface area (Å²) < 4.78 is 29.8. The van der Waals surface area contributed by atoms with Crippen molar-refractivity contribution in [1.82, 2.24) is 0 Å². The molecule has 6 heteroatoms. The topological polar surface area (TPSA) is 43.4 Å². The van der Waals surface area contributed by atoms with Crippen LogP contribution in [0.15, 0.2) is 12.1 Å². The van der Waals surface area contributed by atoms with Gasteiger partial charge in [0.05, 0.1) is 12.1 Å². The van der Waals surface area contributed by atoms with Crippen molar-refractivity contribution in [3.8, 4) is 0 Å². The van der Waals surface area contributed by atoms with Gasteiger partial charge in [0.1, 0.15) is 6.42 Å². The molecule has 0 N–H and O–H groups in total. The molecule has 0 aliphatic rings. The minimum absolute atomic E-state index is 0.243. The fourth-order valence-electron chi connectivity index (χ4n) is 1.03. The van der Waals surface area contributed by atoms with Gasteiger partial charge in [-0.1, -0.05) is 11.6 Å². The quantitative estimate of drug-likeness (QED) is 0.357. The van der Waals surface area contributed by atoms with E-state index >= 15 is 0 Å². The van der Waals surface area contributed by atoms with Crippen LogP contribution in [0.4, 0.5) is 8.78 Å². The number of carbonyl (C=O) groups excluding carboxylic acids is 2. The lowest BCUT2D eigenvalue weighted by Gasteiger charge is -2.03. The Labute approximate surface area is 95.0 Å². The van der Waals surface area contributed by atoms with Gasteiger partial charge in [-0.05, 0) is 12.1 Å². The molecule has 0 aliphatic carbocycles. The number of ketones is 1. The molecule has 0 aliphatic heterocycles. The van der Waals surface area contributed by atoms with Gasteiger partial charge in [-0.3, -0.25) is 9.59 Å². The molecule has 0 fully saturated rings. The average Bonchev–Trinajstić information content (AvgIpc) is 2.23. The molecule has 0 radical (unpaired) electrons. The number of Topliss-reactive ketones (excluding diaryl/α,β-unsaturated/α-hetero) is 1. The van der Waals surface area contributed by atoms with Crippen LogP contribution in [-0.4, -0.2) is 18.9 Å². The van der Waals surface area contributed by atoms with E-state index in [4.69, 9.17) is 11.6 Å². The molecule has 0 aromatic heterocycles. The van der Waals surface area contributed by atoms with E-state index in [2.05, 4.69) is 4.74 Å². The van der Waals surface area contributed by atoms with E-state index in [0.717, 1.165) is 7.11 Å². The van der Waals surface area contributed by atoms with Gasteiger partial charge in [-0.2, -0.15) is 0 Å². The van der Waals surface area contributed by atoms with Gasteiger partial charge in [-0.25, -0.2) is 8.78 Å². The standard InChI is InChI=1S/C10H7ClF2O3/c1-16-10(15)4-9(14)5-2-7(12)8(13)3-6(5)11/h2-3H,4H2,1H3. The molecule has 1 aromatic carbocycles. The molecule has 0 heterocycles. The van der Waals surface area contributed by atoms with Crippen LogP contribution in [0.2, 0.25) is 5.02 Å². The third-order valence-corrected chi connectivity index (χ3v) is 2.16. The van der Waals surface area contributed by atoms with Gasteiger partial charge in [-0.15, -0.1) is 0 Å². The second-order valence-corrected chi connectivity index (χ2v) is 3.33. The van der Waals surface area contributed by atoms with Crippen LogP contribution >= 0.6 is 11.6 Å². The molecular formula is C10H7ClF2O3. The van der Waals surface area contributed by atoms with E-state index in [1.165, 1.54) is 0 Å². The first-order valence-corrected chi connectivity index (χ1v) is 4.58. The van der Waals surface area contributed by atoms with Crippen molar-refractivity contribution in [2.75, 3.05) is 7.11 Å². The predicted octanol–water partition coefficient (Wildman–Crippen LogP) is 2.36. The summed E-state index contributed by atoms with van der Waals surface area (Å²) in [4.78, 5) is 22.2. The largest absolute Gasteiger partial charge is 0.469 e. The van der Waals surface area contributed by atoms with Crippen LogP contribution in [0.5, 0.6) is 0 Å². The van der Waals surface area contributed by atoms with Crippen LogP contribution in [-0.2, 0) is 9.53 Å². The van der Waals surface area contributed by atoms with E-state index < -0.39 is 29.8 Å². The van der Waals surface area contributed by atoms with Gasteiger partial charge in [0.25, 0.3) is 0 Å². The first kappa shape index (κ1) is 12.6. The Balaban J connectivity index is 3.00. The van der Waals surface area contributed by atoms with Gasteiger partial charge < -0.3 is 4.74 Å². The minimum Gasteiger partial charge on any atom is -0.469 e. The summed E-state index contributed by atoms with van der Waals surface area (Å²) in [7, 11) is 1.11. The smallest absolute Gasteiger partial charge is 0.313 e. The molecule has 0 spiro atoms. The van der Waals surface area contributed by atoms with E-state index in [1.807, 2.05) is 0 Å². The normalized spacial score (nSPS) is 10.0. The highest BCUT2D eigenvalue weighted by Crippen LogP contribution is 2.21. The molecule has 0 saturated heterocycles. The molecule has 1 aromatic rings. The lowest BCUT2D eigenvalue weighted by atomic mass is 10.1. The number of rotatable bonds is 3. The zero-order valence-corrected chi connectivity index (χ0v) is 8.98. The molecule has 0 amide bonds. The first-order valence-electron chi connectivity index (χ1n) is 4.20. The van der Waals surface area contributed by atoms with Crippen molar-refractivity contribution in [3.63, 3.8) is 0 Å². The van der Waals surface area contributed by atoms with Crippen molar-refractivity contribution < 1.29 is 23.1 Å². The predicted molar refractivity (Wildman–Crippen MR) is 52.3 cm³/mol. The summed E-state index contributed by atoms with van der Waals surface area (Å²) >= 11 is 5.54. The Hall–Kier alpha value is -1.49. The minimum atomic E-state index is -1.20. The highest BCUT2D eigenvalue weighted by atomic mass is 35.5. The fourth-order valence-corrected chi connectivity index (χ4v) is 1.29. The van der Waals surface area contributed by atoms with Gasteiger partial charge in [0.15, 0.2) is 17.4 Å². The molecule has 3 nitrogen and oxygen atoms in total. The summed E-state index contributed by atoms with van der Waals surface area (Å²) in [5.41, 5.74) is -0.244. The van der Waals surface area contributed by atoms with Crippen molar-refractivity contribution in [3.05, 3.63) is 34.4 Å². The molecule has 0 unspecified atom stereocenters. The summed E-state index contributed by atoms with van der Waals surface area (Å²) in [6.07, 6.45) is -0.568. The Morgan fingerprint density at radius 1 is 1.31 bits per heavy atom. The maximum absolute atomic E-state index is 12.8. The summed E-state index contributed by atoms with van der Waals surface area (Å²) in [6.45, 7) is 0. The maximum Gasteiger partial charge on any atom is 0.313 e. The van der Waals surface area contributed by atoms with Crippen LogP contribution in [0, 0.1) is 11.6 Å². The van der Waals surface area contributed by atoms with Gasteiger partial charge in [0, 0.05) is 5.56 Å². The summed E-state index contributed by atoms with van der Waals surface area (Å²) in [5.74, 6) is -3.85. The molecule has 0 atom stereocenters. The van der Waals surface area contributed by atoms with E-state index in [1.54, 1.807) is 0 Å². The van der Waals surface area contributed by atoms with Crippen LogP contribution in [0.3, 0.4) is 0 Å². The third-order valence-electron chi connectivity index (χ3n) is 1.84. The molecule has 0 saturated carbocycles. The number of halogens is 3. The monoisotopic (exact) mass is 248 g/mol. The van der Waals surface area contributed by atoms with E-state index in [-0.39, 0.29) is 10.6 Å². The van der Waals surface area contributed by atoms with Crippen molar-refractivity contribution in [2.24, 2.45) is 0 Å². The fraction of sp³-hybridized carbons (Fsp3) is 0.200. The van der Waals surface area contributed by atoms with Crippen LogP contribution < -0.4 is 0 Å². The number of ether oxygens (including phenoxy) is 1. The zero-order valence-electron chi connectivity index (χ0n) is 8.22. The number of esters is 1. The van der Waals surface area contributed by atoms with Crippen LogP contribution in [0.25, 0.3) is 0 Å². The van der Waals surface area contributed by atoms with Gasteiger partial charge in [0.2, 0.25) is 0 Å². The summed E-state index contributed by atoms with van der Waals surface area (Å²) in [5, 5.41) is -0.243. The number of carbonyl (C=O) groups is 2. The molecule has 1 rings (SSSR count). The van der Waals surface area contributed by atoms with Crippen molar-refractivity contribution >= 4 is 23.4 Å². The second kappa shape index (κ2) is 5.03. The number of methoxy groups -OCH3 is 1. The van der Waals surface area contributed by atoms with Crippen molar-refractivity contribution in [1.29, 1.82) is 0 Å². The first-order chi connectivity index (χ1) is 7.45. The molecule has 16 heavy (non-hydrogen) atoms.